The predicted octanol–water partition coefficient (Wildman–Crippen LogP) is 0.775. The van der Waals surface area contributed by atoms with Crippen LogP contribution in [0.3, 0.4) is 0 Å². The van der Waals surface area contributed by atoms with Crippen LogP contribution in [0.4, 0.5) is 0 Å². The van der Waals surface area contributed by atoms with E-state index in [0.717, 1.165) is 5.56 Å². The Hall–Kier alpha value is -1.38. The Morgan fingerprint density at radius 2 is 2.08 bits per heavy atom. The molecule has 0 N–H and O–H groups in total. The molecule has 0 aliphatic heterocycles. The number of ketones is 1. The molecule has 3 nitrogen and oxygen atoms in total. The molecule has 1 aromatic rings. The fraction of sp³-hybridized carbons (Fsp3) is 0.333. The molecule has 1 heterocycles. The minimum Gasteiger partial charge on any atom is -0.915 e. The van der Waals surface area contributed by atoms with Crippen molar-refractivity contribution in [2.45, 2.75) is 20.8 Å². The lowest BCUT2D eigenvalue weighted by atomic mass is 10.0. The van der Waals surface area contributed by atoms with Crippen molar-refractivity contribution in [2.75, 3.05) is 0 Å². The van der Waals surface area contributed by atoms with Gasteiger partial charge in [0.15, 0.2) is 0 Å². The Balaban J connectivity index is 3.43. The molecule has 3 heteroatoms. The number of Topliss-reactive ketones (excluding diaryl/α,β-unsaturated/α-hetero) is 1. The van der Waals surface area contributed by atoms with Crippen LogP contribution < -0.4 is 5.11 Å². The lowest BCUT2D eigenvalue weighted by molar-refractivity contribution is -0.275. The van der Waals surface area contributed by atoms with Gasteiger partial charge in [0.25, 0.3) is 0 Å². The molecule has 1 aromatic heterocycles. The van der Waals surface area contributed by atoms with Gasteiger partial charge in [-0.15, -0.1) is 17.0 Å². The Bertz CT molecular complexity index is 332. The summed E-state index contributed by atoms with van der Waals surface area (Å²) < 4.78 is 0. The highest BCUT2D eigenvalue weighted by Gasteiger charge is 1.98. The number of aryl methyl sites for hydroxylation is 1. The maximum atomic E-state index is 11.1. The fourth-order valence-corrected chi connectivity index (χ4v) is 1.04. The molecular formula is C9H9NO2-2. The maximum Gasteiger partial charge on any atom is 0.136 e. The Morgan fingerprint density at radius 1 is 1.50 bits per heavy atom. The van der Waals surface area contributed by atoms with Gasteiger partial charge in [0.1, 0.15) is 5.78 Å². The molecule has 0 unspecified atom stereocenters. The van der Waals surface area contributed by atoms with Crippen molar-refractivity contribution in [2.24, 2.45) is 0 Å². The van der Waals surface area contributed by atoms with Crippen LogP contribution >= 0.6 is 0 Å². The van der Waals surface area contributed by atoms with E-state index in [1.54, 1.807) is 13.8 Å². The lowest BCUT2D eigenvalue weighted by Gasteiger charge is -2.23. The smallest absolute Gasteiger partial charge is 0.136 e. The molecule has 0 bridgehead atoms. The summed E-state index contributed by atoms with van der Waals surface area (Å²) in [7, 11) is 0. The van der Waals surface area contributed by atoms with E-state index in [0.29, 0.717) is 5.56 Å². The molecule has 64 valence electrons. The average molecular weight is 163 g/mol. The Labute approximate surface area is 71.1 Å². The van der Waals surface area contributed by atoms with E-state index < -0.39 is 5.88 Å². The van der Waals surface area contributed by atoms with Gasteiger partial charge in [0, 0.05) is 0 Å². The van der Waals surface area contributed by atoms with E-state index in [4.69, 9.17) is 0 Å². The molecule has 0 aliphatic carbocycles. The summed E-state index contributed by atoms with van der Waals surface area (Å²) in [5.74, 6) is -0.715. The zero-order chi connectivity index (χ0) is 9.30. The van der Waals surface area contributed by atoms with E-state index in [1.807, 2.05) is 0 Å². The number of pyridine rings is 1. The van der Waals surface area contributed by atoms with Gasteiger partial charge in [-0.1, -0.05) is 25.6 Å². The second kappa shape index (κ2) is 2.93. The van der Waals surface area contributed by atoms with Gasteiger partial charge in [-0.3, -0.25) is 4.79 Å². The van der Waals surface area contributed by atoms with Gasteiger partial charge in [-0.25, -0.2) is 0 Å². The van der Waals surface area contributed by atoms with Gasteiger partial charge in [-0.05, 0) is 6.92 Å². The van der Waals surface area contributed by atoms with Crippen molar-refractivity contribution in [1.29, 1.82) is 0 Å². The monoisotopic (exact) mass is 163 g/mol. The van der Waals surface area contributed by atoms with Gasteiger partial charge in [0.2, 0.25) is 0 Å². The molecule has 0 aromatic carbocycles. The molecule has 0 atom stereocenters. The third kappa shape index (κ3) is 1.30. The lowest BCUT2D eigenvalue weighted by Crippen LogP contribution is -2.07. The van der Waals surface area contributed by atoms with E-state index in [9.17, 15) is 9.90 Å². The van der Waals surface area contributed by atoms with E-state index in [-0.39, 0.29) is 11.3 Å². The Morgan fingerprint density at radius 3 is 2.50 bits per heavy atom. The van der Waals surface area contributed by atoms with Crippen molar-refractivity contribution in [3.63, 3.8) is 0 Å². The van der Waals surface area contributed by atoms with Crippen LogP contribution in [-0.4, -0.2) is 10.8 Å². The van der Waals surface area contributed by atoms with Crippen LogP contribution in [0.15, 0.2) is 0 Å². The Kier molecular flexibility index (Phi) is 2.13. The summed E-state index contributed by atoms with van der Waals surface area (Å²) in [6, 6.07) is 0. The van der Waals surface area contributed by atoms with E-state index >= 15 is 0 Å². The summed E-state index contributed by atoms with van der Waals surface area (Å²) in [4.78, 5) is 14.4. The number of nitrogens with zero attached hydrogens (tertiary/aromatic N) is 1. The van der Waals surface area contributed by atoms with E-state index in [1.165, 1.54) is 6.92 Å². The third-order valence-electron chi connectivity index (χ3n) is 1.83. The fourth-order valence-electron chi connectivity index (χ4n) is 1.04. The van der Waals surface area contributed by atoms with Gasteiger partial charge >= 0.3 is 0 Å². The van der Waals surface area contributed by atoms with Gasteiger partial charge in [-0.2, -0.15) is 0 Å². The number of rotatable bonds is 1. The van der Waals surface area contributed by atoms with Crippen LogP contribution in [0.25, 0.3) is 0 Å². The highest BCUT2D eigenvalue weighted by Crippen LogP contribution is 2.18. The molecule has 12 heavy (non-hydrogen) atoms. The molecule has 0 saturated heterocycles. The number of aromatic nitrogens is 1. The quantitative estimate of drug-likeness (QED) is 0.454. The zero-order valence-corrected chi connectivity index (χ0v) is 7.26. The molecule has 0 amide bonds. The highest BCUT2D eigenvalue weighted by atomic mass is 16.3. The normalized spacial score (nSPS) is 9.92. The van der Waals surface area contributed by atoms with Crippen molar-refractivity contribution in [3.05, 3.63) is 22.9 Å². The molecular weight excluding hydrogens is 154 g/mol. The second-order valence-electron chi connectivity index (χ2n) is 2.71. The van der Waals surface area contributed by atoms with Gasteiger partial charge < -0.3 is 10.1 Å². The minimum atomic E-state index is -0.481. The van der Waals surface area contributed by atoms with Crippen LogP contribution in [-0.2, 0) is 0 Å². The average Bonchev–Trinajstić information content (AvgIpc) is 1.97. The molecule has 0 fully saturated rings. The number of carbonyl (C=O) groups is 1. The summed E-state index contributed by atoms with van der Waals surface area (Å²) in [5, 5.41) is 11.1. The first kappa shape index (κ1) is 8.71. The predicted molar refractivity (Wildman–Crippen MR) is 42.0 cm³/mol. The van der Waals surface area contributed by atoms with Crippen LogP contribution in [0.5, 0.6) is 5.88 Å². The molecule has 0 spiro atoms. The summed E-state index contributed by atoms with van der Waals surface area (Å²) in [5.41, 5.74) is 1.62. The summed E-state index contributed by atoms with van der Waals surface area (Å²) in [6.45, 7) is 4.87. The largest absolute Gasteiger partial charge is 0.915 e. The summed E-state index contributed by atoms with van der Waals surface area (Å²) >= 11 is 0. The number of hydrogen-bond acceptors (Lipinski definition) is 3. The van der Waals surface area contributed by atoms with Crippen LogP contribution in [0, 0.1) is 20.0 Å². The van der Waals surface area contributed by atoms with Crippen molar-refractivity contribution in [1.82, 2.24) is 4.98 Å². The maximum absolute atomic E-state index is 11.1. The third-order valence-corrected chi connectivity index (χ3v) is 1.83. The SMILES string of the molecule is CC(=O)c1c([O-])n[c-]c(C)c1C. The van der Waals surface area contributed by atoms with Crippen molar-refractivity contribution < 1.29 is 9.90 Å². The zero-order valence-electron chi connectivity index (χ0n) is 7.26. The van der Waals surface area contributed by atoms with Crippen molar-refractivity contribution >= 4 is 5.78 Å². The minimum absolute atomic E-state index is 0.186. The first-order valence-corrected chi connectivity index (χ1v) is 3.61. The van der Waals surface area contributed by atoms with Gasteiger partial charge in [0.05, 0.1) is 0 Å². The summed E-state index contributed by atoms with van der Waals surface area (Å²) in [6.07, 6.45) is 2.55. The molecule has 0 radical (unpaired) electrons. The highest BCUT2D eigenvalue weighted by molar-refractivity contribution is 5.97. The topological polar surface area (TPSA) is 53.0 Å². The number of hydrogen-bond donors (Lipinski definition) is 0. The van der Waals surface area contributed by atoms with Crippen molar-refractivity contribution in [3.8, 4) is 5.88 Å². The number of carbonyl (C=O) groups excluding carboxylic acids is 1. The second-order valence-corrected chi connectivity index (χ2v) is 2.71. The van der Waals surface area contributed by atoms with Crippen LogP contribution in [0.2, 0.25) is 0 Å². The first-order valence-electron chi connectivity index (χ1n) is 3.61. The molecule has 1 rings (SSSR count). The van der Waals surface area contributed by atoms with Crippen LogP contribution in [0.1, 0.15) is 28.4 Å². The molecule has 0 saturated carbocycles. The first-order chi connectivity index (χ1) is 5.54. The molecule has 0 aliphatic rings. The standard InChI is InChI=1S/C9H10NO2/c1-5-4-10-9(12)8(6(5)2)7(3)11/h1-3H3,(H,10,12)/q-1/p-1. The van der Waals surface area contributed by atoms with E-state index in [2.05, 4.69) is 11.2 Å².